The average Bonchev–Trinajstić information content (AvgIpc) is 2.39. The number of aromatic hydroxyl groups is 1. The minimum atomic E-state index is -1.26. The highest BCUT2D eigenvalue weighted by molar-refractivity contribution is 5.89. The van der Waals surface area contributed by atoms with Gasteiger partial charge in [0.1, 0.15) is 5.75 Å². The largest absolute Gasteiger partial charge is 0.506 e. The lowest BCUT2D eigenvalue weighted by Crippen LogP contribution is -2.34. The Bertz CT molecular complexity index is 481. The molecule has 0 saturated heterocycles. The molecular weight excluding hydrogens is 288 g/mol. The Labute approximate surface area is 129 Å². The number of carboxylic acid groups (broad SMARTS) is 2. The van der Waals surface area contributed by atoms with Crippen molar-refractivity contribution in [2.45, 2.75) is 39.3 Å². The van der Waals surface area contributed by atoms with Gasteiger partial charge in [0.25, 0.3) is 0 Å². The van der Waals surface area contributed by atoms with Crippen molar-refractivity contribution in [3.63, 3.8) is 0 Å². The maximum Gasteiger partial charge on any atom is 0.328 e. The van der Waals surface area contributed by atoms with Crippen LogP contribution < -0.4 is 5.32 Å². The number of nitrogens with zero attached hydrogens (tertiary/aromatic N) is 1. The van der Waals surface area contributed by atoms with Gasteiger partial charge in [0.15, 0.2) is 0 Å². The van der Waals surface area contributed by atoms with Gasteiger partial charge in [0.05, 0.1) is 6.20 Å². The fourth-order valence-corrected chi connectivity index (χ4v) is 1.62. The second-order valence-electron chi connectivity index (χ2n) is 4.94. The molecule has 1 heterocycles. The number of carbonyl (C=O) groups is 2. The molecule has 1 unspecified atom stereocenters. The standard InChI is InChI=1S/C11H18N2O.C4H4O4/c1-8(2)13-9(3)6-10-4-5-11(14)7-12-10;5-3(6)1-2-4(7)8/h4-5,7-9,13-14H,6H2,1-3H3;1-2H,(H,5,6)(H,7,8). The van der Waals surface area contributed by atoms with E-state index in [1.165, 1.54) is 6.20 Å². The van der Waals surface area contributed by atoms with E-state index in [1.807, 2.05) is 6.07 Å². The van der Waals surface area contributed by atoms with Crippen molar-refractivity contribution in [2.75, 3.05) is 0 Å². The summed E-state index contributed by atoms with van der Waals surface area (Å²) in [6, 6.07) is 4.42. The van der Waals surface area contributed by atoms with Crippen molar-refractivity contribution < 1.29 is 24.9 Å². The molecule has 0 fully saturated rings. The third-order valence-electron chi connectivity index (χ3n) is 2.31. The Morgan fingerprint density at radius 1 is 1.18 bits per heavy atom. The smallest absolute Gasteiger partial charge is 0.328 e. The molecule has 0 bridgehead atoms. The van der Waals surface area contributed by atoms with Crippen LogP contribution in [0.4, 0.5) is 0 Å². The first kappa shape index (κ1) is 19.6. The van der Waals surface area contributed by atoms with Crippen LogP contribution in [0.5, 0.6) is 5.75 Å². The van der Waals surface area contributed by atoms with Gasteiger partial charge in [0, 0.05) is 36.4 Å². The van der Waals surface area contributed by atoms with Crippen molar-refractivity contribution in [3.8, 4) is 5.75 Å². The lowest BCUT2D eigenvalue weighted by molar-refractivity contribution is -0.134. The van der Waals surface area contributed by atoms with Crippen molar-refractivity contribution in [3.05, 3.63) is 36.2 Å². The Morgan fingerprint density at radius 2 is 1.73 bits per heavy atom. The van der Waals surface area contributed by atoms with E-state index in [-0.39, 0.29) is 5.75 Å². The van der Waals surface area contributed by atoms with E-state index in [1.54, 1.807) is 6.07 Å². The van der Waals surface area contributed by atoms with Crippen LogP contribution in [0.3, 0.4) is 0 Å². The SMILES string of the molecule is CC(C)NC(C)Cc1ccc(O)cn1.O=C(O)C=CC(=O)O. The van der Waals surface area contributed by atoms with Crippen LogP contribution in [-0.2, 0) is 16.0 Å². The molecule has 7 nitrogen and oxygen atoms in total. The number of hydrogen-bond donors (Lipinski definition) is 4. The van der Waals surface area contributed by atoms with Gasteiger partial charge in [-0.05, 0) is 19.1 Å². The number of hydrogen-bond acceptors (Lipinski definition) is 5. The summed E-state index contributed by atoms with van der Waals surface area (Å²) in [5.74, 6) is -2.29. The Balaban J connectivity index is 0.000000472. The van der Waals surface area contributed by atoms with E-state index >= 15 is 0 Å². The molecule has 0 aliphatic carbocycles. The van der Waals surface area contributed by atoms with Crippen molar-refractivity contribution in [1.29, 1.82) is 0 Å². The fraction of sp³-hybridized carbons (Fsp3) is 0.400. The summed E-state index contributed by atoms with van der Waals surface area (Å²) in [5.41, 5.74) is 1.00. The summed E-state index contributed by atoms with van der Waals surface area (Å²) in [7, 11) is 0. The second-order valence-corrected chi connectivity index (χ2v) is 4.94. The molecule has 22 heavy (non-hydrogen) atoms. The van der Waals surface area contributed by atoms with Gasteiger partial charge in [-0.15, -0.1) is 0 Å². The third kappa shape index (κ3) is 11.4. The van der Waals surface area contributed by atoms with Crippen LogP contribution in [0.25, 0.3) is 0 Å². The zero-order valence-electron chi connectivity index (χ0n) is 12.9. The number of nitrogens with one attached hydrogen (secondary N) is 1. The van der Waals surface area contributed by atoms with Gasteiger partial charge in [0.2, 0.25) is 0 Å². The summed E-state index contributed by atoms with van der Waals surface area (Å²) in [6.45, 7) is 6.38. The molecule has 0 spiro atoms. The van der Waals surface area contributed by atoms with Crippen molar-refractivity contribution in [1.82, 2.24) is 10.3 Å². The van der Waals surface area contributed by atoms with E-state index in [9.17, 15) is 9.59 Å². The van der Waals surface area contributed by atoms with Gasteiger partial charge in [-0.2, -0.15) is 0 Å². The molecule has 0 aliphatic rings. The topological polar surface area (TPSA) is 120 Å². The molecule has 7 heteroatoms. The minimum absolute atomic E-state index is 0.221. The predicted molar refractivity (Wildman–Crippen MR) is 81.8 cm³/mol. The molecule has 1 aromatic rings. The quantitative estimate of drug-likeness (QED) is 0.587. The van der Waals surface area contributed by atoms with Gasteiger partial charge in [-0.25, -0.2) is 9.59 Å². The van der Waals surface area contributed by atoms with Gasteiger partial charge in [-0.1, -0.05) is 13.8 Å². The zero-order chi connectivity index (χ0) is 17.1. The fourth-order valence-electron chi connectivity index (χ4n) is 1.62. The monoisotopic (exact) mass is 310 g/mol. The van der Waals surface area contributed by atoms with E-state index in [0.29, 0.717) is 24.2 Å². The molecular formula is C15H22N2O5. The summed E-state index contributed by atoms with van der Waals surface area (Å²) >= 11 is 0. The minimum Gasteiger partial charge on any atom is -0.506 e. The summed E-state index contributed by atoms with van der Waals surface area (Å²) < 4.78 is 0. The third-order valence-corrected chi connectivity index (χ3v) is 2.31. The lowest BCUT2D eigenvalue weighted by atomic mass is 10.1. The number of pyridine rings is 1. The molecule has 0 amide bonds. The molecule has 122 valence electrons. The van der Waals surface area contributed by atoms with Gasteiger partial charge < -0.3 is 20.6 Å². The first-order chi connectivity index (χ1) is 10.2. The van der Waals surface area contributed by atoms with E-state index in [2.05, 4.69) is 31.1 Å². The van der Waals surface area contributed by atoms with E-state index in [0.717, 1.165) is 12.1 Å². The summed E-state index contributed by atoms with van der Waals surface area (Å²) in [4.78, 5) is 23.2. The lowest BCUT2D eigenvalue weighted by Gasteiger charge is -2.16. The van der Waals surface area contributed by atoms with Crippen LogP contribution in [0.15, 0.2) is 30.5 Å². The van der Waals surface area contributed by atoms with Crippen molar-refractivity contribution >= 4 is 11.9 Å². The average molecular weight is 310 g/mol. The first-order valence-corrected chi connectivity index (χ1v) is 6.74. The van der Waals surface area contributed by atoms with Crippen LogP contribution in [0.2, 0.25) is 0 Å². The number of aliphatic carboxylic acids is 2. The molecule has 0 saturated carbocycles. The number of aromatic nitrogens is 1. The van der Waals surface area contributed by atoms with E-state index < -0.39 is 11.9 Å². The maximum atomic E-state index is 9.55. The Morgan fingerprint density at radius 3 is 2.09 bits per heavy atom. The van der Waals surface area contributed by atoms with Gasteiger partial charge in [-0.3, -0.25) is 4.98 Å². The second kappa shape index (κ2) is 10.3. The Hall–Kier alpha value is -2.41. The van der Waals surface area contributed by atoms with E-state index in [4.69, 9.17) is 15.3 Å². The molecule has 1 aromatic heterocycles. The highest BCUT2D eigenvalue weighted by Crippen LogP contribution is 2.07. The highest BCUT2D eigenvalue weighted by atomic mass is 16.4. The van der Waals surface area contributed by atoms with Crippen LogP contribution in [0.1, 0.15) is 26.5 Å². The maximum absolute atomic E-state index is 9.55. The molecule has 1 rings (SSSR count). The zero-order valence-corrected chi connectivity index (χ0v) is 12.9. The molecule has 1 atom stereocenters. The van der Waals surface area contributed by atoms with Crippen molar-refractivity contribution in [2.24, 2.45) is 0 Å². The highest BCUT2D eigenvalue weighted by Gasteiger charge is 2.05. The summed E-state index contributed by atoms with van der Waals surface area (Å²) in [6.07, 6.45) is 3.49. The summed E-state index contributed by atoms with van der Waals surface area (Å²) in [5, 5.41) is 28.1. The first-order valence-electron chi connectivity index (χ1n) is 6.74. The normalized spacial score (nSPS) is 11.8. The molecule has 0 radical (unpaired) electrons. The predicted octanol–water partition coefficient (Wildman–Crippen LogP) is 1.43. The Kier molecular flexibility index (Phi) is 9.20. The molecule has 0 aromatic carbocycles. The molecule has 4 N–H and O–H groups in total. The molecule has 0 aliphatic heterocycles. The van der Waals surface area contributed by atoms with Crippen LogP contribution in [-0.4, -0.2) is 44.3 Å². The van der Waals surface area contributed by atoms with Crippen LogP contribution in [0, 0.1) is 0 Å². The van der Waals surface area contributed by atoms with Crippen LogP contribution >= 0.6 is 0 Å². The van der Waals surface area contributed by atoms with Gasteiger partial charge >= 0.3 is 11.9 Å². The number of carboxylic acids is 2. The number of rotatable bonds is 6.